The maximum absolute atomic E-state index is 12.6. The summed E-state index contributed by atoms with van der Waals surface area (Å²) in [5.74, 6) is -2.54. The summed E-state index contributed by atoms with van der Waals surface area (Å²) in [7, 11) is -2.73. The molecule has 1 aliphatic heterocycles. The number of sulfonamides is 1. The summed E-state index contributed by atoms with van der Waals surface area (Å²) >= 11 is 6.94. The first kappa shape index (κ1) is 16.9. The Morgan fingerprint density at radius 2 is 1.92 bits per heavy atom. The normalized spacial score (nSPS) is 19.0. The second kappa shape index (κ2) is 5.87. The van der Waals surface area contributed by atoms with Crippen molar-refractivity contribution in [2.24, 2.45) is 0 Å². The molecule has 0 bridgehead atoms. The maximum atomic E-state index is 12.6. The highest BCUT2D eigenvalue weighted by molar-refractivity contribution is 7.90. The minimum atomic E-state index is -3.90. The number of likely N-dealkylation sites (N-methyl/N-ethyl adjacent to an activating group) is 1. The number of anilines is 1. The average molecular weight is 385 g/mol. The lowest BCUT2D eigenvalue weighted by Crippen LogP contribution is -2.45. The SMILES string of the molecule is Cc1cc2c(s1)C(C(=O)Nc1ccc(Cl)cc1)C(=O)N(C)S2(=O)=O. The van der Waals surface area contributed by atoms with Crippen LogP contribution in [0.25, 0.3) is 0 Å². The van der Waals surface area contributed by atoms with Gasteiger partial charge in [0.25, 0.3) is 15.9 Å². The van der Waals surface area contributed by atoms with Gasteiger partial charge in [-0.2, -0.15) is 0 Å². The predicted octanol–water partition coefficient (Wildman–Crippen LogP) is 2.59. The van der Waals surface area contributed by atoms with Crippen LogP contribution in [0.4, 0.5) is 5.69 Å². The highest BCUT2D eigenvalue weighted by Gasteiger charge is 2.46. The third-order valence-electron chi connectivity index (χ3n) is 3.68. The van der Waals surface area contributed by atoms with Crippen LogP contribution >= 0.6 is 22.9 Å². The van der Waals surface area contributed by atoms with E-state index in [1.165, 1.54) is 6.07 Å². The summed E-state index contributed by atoms with van der Waals surface area (Å²) in [5, 5.41) is 3.15. The molecule has 0 spiro atoms. The topological polar surface area (TPSA) is 83.6 Å². The number of hydrogen-bond donors (Lipinski definition) is 1. The molecule has 1 atom stereocenters. The summed E-state index contributed by atoms with van der Waals surface area (Å²) in [6, 6.07) is 7.92. The number of aryl methyl sites for hydroxylation is 1. The number of carbonyl (C=O) groups excluding carboxylic acids is 2. The van der Waals surface area contributed by atoms with Crippen LogP contribution in [0.5, 0.6) is 0 Å². The van der Waals surface area contributed by atoms with Crippen LogP contribution in [0.15, 0.2) is 35.2 Å². The second-order valence-electron chi connectivity index (χ2n) is 5.33. The smallest absolute Gasteiger partial charge is 0.267 e. The Labute approximate surface area is 148 Å². The first-order chi connectivity index (χ1) is 11.2. The summed E-state index contributed by atoms with van der Waals surface area (Å²) in [4.78, 5) is 26.1. The molecule has 2 aromatic rings. The molecule has 0 saturated heterocycles. The maximum Gasteiger partial charge on any atom is 0.267 e. The number of hydrogen-bond acceptors (Lipinski definition) is 5. The molecule has 6 nitrogen and oxygen atoms in total. The van der Waals surface area contributed by atoms with Crippen molar-refractivity contribution in [3.63, 3.8) is 0 Å². The standard InChI is InChI=1S/C15H13ClN2O4S2/c1-8-7-11-13(23-8)12(15(20)18(2)24(11,21)22)14(19)17-10-5-3-9(16)4-6-10/h3-7,12H,1-2H3,(H,17,19). The summed E-state index contributed by atoms with van der Waals surface area (Å²) < 4.78 is 25.3. The van der Waals surface area contributed by atoms with E-state index in [9.17, 15) is 18.0 Å². The van der Waals surface area contributed by atoms with E-state index in [1.54, 1.807) is 31.2 Å². The van der Waals surface area contributed by atoms with E-state index in [0.29, 0.717) is 15.0 Å². The number of fused-ring (bicyclic) bond motifs is 1. The number of nitrogens with zero attached hydrogens (tertiary/aromatic N) is 1. The number of nitrogens with one attached hydrogen (secondary N) is 1. The average Bonchev–Trinajstić information content (AvgIpc) is 2.90. The third-order valence-corrected chi connectivity index (χ3v) is 6.97. The van der Waals surface area contributed by atoms with Gasteiger partial charge in [-0.3, -0.25) is 9.59 Å². The quantitative estimate of drug-likeness (QED) is 0.806. The molecule has 2 heterocycles. The molecule has 1 aliphatic rings. The van der Waals surface area contributed by atoms with Gasteiger partial charge in [0.05, 0.1) is 0 Å². The van der Waals surface area contributed by atoms with Gasteiger partial charge in [-0.05, 0) is 37.3 Å². The van der Waals surface area contributed by atoms with Crippen molar-refractivity contribution in [1.82, 2.24) is 4.31 Å². The first-order valence-electron chi connectivity index (χ1n) is 6.91. The molecular weight excluding hydrogens is 372 g/mol. The molecule has 126 valence electrons. The zero-order valence-corrected chi connectivity index (χ0v) is 15.1. The number of rotatable bonds is 2. The minimum Gasteiger partial charge on any atom is -0.325 e. The van der Waals surface area contributed by atoms with Gasteiger partial charge in [0.15, 0.2) is 5.92 Å². The van der Waals surface area contributed by atoms with Crippen LogP contribution in [0.2, 0.25) is 5.02 Å². The van der Waals surface area contributed by atoms with Gasteiger partial charge in [-0.1, -0.05) is 11.6 Å². The van der Waals surface area contributed by atoms with Gasteiger partial charge in [-0.25, -0.2) is 12.7 Å². The van der Waals surface area contributed by atoms with Gasteiger partial charge in [0.2, 0.25) is 5.91 Å². The van der Waals surface area contributed by atoms with Crippen molar-refractivity contribution in [3.8, 4) is 0 Å². The van der Waals surface area contributed by atoms with Crippen LogP contribution < -0.4 is 5.32 Å². The fourth-order valence-electron chi connectivity index (χ4n) is 2.45. The van der Waals surface area contributed by atoms with E-state index in [1.807, 2.05) is 0 Å². The largest absolute Gasteiger partial charge is 0.325 e. The van der Waals surface area contributed by atoms with Crippen LogP contribution in [-0.2, 0) is 19.6 Å². The van der Waals surface area contributed by atoms with E-state index >= 15 is 0 Å². The molecule has 1 aromatic heterocycles. The van der Waals surface area contributed by atoms with Crippen molar-refractivity contribution in [1.29, 1.82) is 0 Å². The molecule has 0 fully saturated rings. The van der Waals surface area contributed by atoms with E-state index in [4.69, 9.17) is 11.6 Å². The van der Waals surface area contributed by atoms with Crippen LogP contribution in [0.1, 0.15) is 15.7 Å². The van der Waals surface area contributed by atoms with Crippen LogP contribution in [-0.4, -0.2) is 31.6 Å². The Morgan fingerprint density at radius 1 is 1.29 bits per heavy atom. The zero-order chi connectivity index (χ0) is 17.6. The molecule has 2 amide bonds. The summed E-state index contributed by atoms with van der Waals surface area (Å²) in [6.07, 6.45) is 0. The molecule has 24 heavy (non-hydrogen) atoms. The number of amides is 2. The highest BCUT2D eigenvalue weighted by Crippen LogP contribution is 2.40. The molecule has 1 N–H and O–H groups in total. The Bertz CT molecular complexity index is 935. The van der Waals surface area contributed by atoms with Crippen molar-refractivity contribution in [2.75, 3.05) is 12.4 Å². The van der Waals surface area contributed by atoms with Gasteiger partial charge in [0, 0.05) is 27.5 Å². The fourth-order valence-corrected chi connectivity index (χ4v) is 5.44. The highest BCUT2D eigenvalue weighted by atomic mass is 35.5. The number of carbonyl (C=O) groups is 2. The molecule has 1 aromatic carbocycles. The van der Waals surface area contributed by atoms with Crippen molar-refractivity contribution >= 4 is 50.5 Å². The number of benzene rings is 1. The lowest BCUT2D eigenvalue weighted by Gasteiger charge is -2.28. The van der Waals surface area contributed by atoms with Crippen molar-refractivity contribution in [2.45, 2.75) is 17.7 Å². The zero-order valence-electron chi connectivity index (χ0n) is 12.7. The molecule has 3 rings (SSSR count). The Kier molecular flexibility index (Phi) is 4.15. The first-order valence-corrected chi connectivity index (χ1v) is 9.55. The fraction of sp³-hybridized carbons (Fsp3) is 0.200. The van der Waals surface area contributed by atoms with Crippen molar-refractivity contribution in [3.05, 3.63) is 45.1 Å². The van der Waals surface area contributed by atoms with E-state index in [0.717, 1.165) is 23.3 Å². The molecule has 9 heteroatoms. The third kappa shape index (κ3) is 2.70. The van der Waals surface area contributed by atoms with Gasteiger partial charge in [-0.15, -0.1) is 11.3 Å². The van der Waals surface area contributed by atoms with E-state index in [-0.39, 0.29) is 9.77 Å². The van der Waals surface area contributed by atoms with E-state index < -0.39 is 27.8 Å². The second-order valence-corrected chi connectivity index (χ2v) is 8.99. The monoisotopic (exact) mass is 384 g/mol. The van der Waals surface area contributed by atoms with Gasteiger partial charge >= 0.3 is 0 Å². The van der Waals surface area contributed by atoms with Crippen molar-refractivity contribution < 1.29 is 18.0 Å². The van der Waals surface area contributed by atoms with Crippen LogP contribution in [0.3, 0.4) is 0 Å². The Balaban J connectivity index is 2.01. The molecule has 0 saturated carbocycles. The molecule has 0 aliphatic carbocycles. The molecular formula is C15H13ClN2O4S2. The molecule has 0 radical (unpaired) electrons. The van der Waals surface area contributed by atoms with Gasteiger partial charge < -0.3 is 5.32 Å². The minimum absolute atomic E-state index is 0.0170. The number of halogens is 1. The summed E-state index contributed by atoms with van der Waals surface area (Å²) in [5.41, 5.74) is 0.475. The lowest BCUT2D eigenvalue weighted by atomic mass is 10.1. The van der Waals surface area contributed by atoms with Crippen LogP contribution in [0, 0.1) is 6.92 Å². The van der Waals surface area contributed by atoms with Gasteiger partial charge in [0.1, 0.15) is 4.90 Å². The Hall–Kier alpha value is -1.90. The Morgan fingerprint density at radius 3 is 2.54 bits per heavy atom. The predicted molar refractivity (Wildman–Crippen MR) is 91.8 cm³/mol. The molecule has 1 unspecified atom stereocenters. The summed E-state index contributed by atoms with van der Waals surface area (Å²) in [6.45, 7) is 1.73. The van der Waals surface area contributed by atoms with E-state index in [2.05, 4.69) is 5.32 Å². The lowest BCUT2D eigenvalue weighted by molar-refractivity contribution is -0.132. The number of thiophene rings is 1.